The van der Waals surface area contributed by atoms with Crippen LogP contribution in [0.25, 0.3) is 0 Å². The monoisotopic (exact) mass is 205 g/mol. The van der Waals surface area contributed by atoms with E-state index in [9.17, 15) is 4.79 Å². The molecule has 0 saturated carbocycles. The highest BCUT2D eigenvalue weighted by molar-refractivity contribution is 5.80. The Morgan fingerprint density at radius 3 is 2.60 bits per heavy atom. The van der Waals surface area contributed by atoms with Gasteiger partial charge in [-0.2, -0.15) is 0 Å². The van der Waals surface area contributed by atoms with E-state index in [4.69, 9.17) is 0 Å². The van der Waals surface area contributed by atoms with Gasteiger partial charge in [-0.05, 0) is 13.8 Å². The van der Waals surface area contributed by atoms with Crippen molar-refractivity contribution >= 4 is 11.6 Å². The summed E-state index contributed by atoms with van der Waals surface area (Å²) in [5, 5.41) is 0. The second-order valence-corrected chi connectivity index (χ2v) is 3.95. The van der Waals surface area contributed by atoms with Crippen molar-refractivity contribution in [2.45, 2.75) is 26.7 Å². The lowest BCUT2D eigenvalue weighted by atomic mass is 10.1. The first-order valence-corrected chi connectivity index (χ1v) is 5.23. The molecule has 0 unspecified atom stereocenters. The van der Waals surface area contributed by atoms with Crippen LogP contribution in [-0.4, -0.2) is 28.8 Å². The summed E-state index contributed by atoms with van der Waals surface area (Å²) in [6.45, 7) is 5.47. The third-order valence-corrected chi connectivity index (χ3v) is 2.69. The molecule has 1 aromatic heterocycles. The zero-order valence-electron chi connectivity index (χ0n) is 9.16. The number of carbonyl (C=O) groups excluding carboxylic acids is 1. The molecule has 0 spiro atoms. The Morgan fingerprint density at radius 1 is 1.27 bits per heavy atom. The van der Waals surface area contributed by atoms with E-state index in [1.165, 1.54) is 0 Å². The van der Waals surface area contributed by atoms with Crippen molar-refractivity contribution in [3.05, 3.63) is 17.6 Å². The summed E-state index contributed by atoms with van der Waals surface area (Å²) in [5.41, 5.74) is 1.08. The molecule has 0 radical (unpaired) electrons. The van der Waals surface area contributed by atoms with Crippen LogP contribution < -0.4 is 4.90 Å². The Labute approximate surface area is 89.3 Å². The summed E-state index contributed by atoms with van der Waals surface area (Å²) >= 11 is 0. The molecule has 2 heterocycles. The molecule has 0 aliphatic carbocycles. The quantitative estimate of drug-likeness (QED) is 0.692. The van der Waals surface area contributed by atoms with Crippen molar-refractivity contribution in [2.24, 2.45) is 0 Å². The summed E-state index contributed by atoms with van der Waals surface area (Å²) in [4.78, 5) is 21.9. The Kier molecular flexibility index (Phi) is 2.66. The van der Waals surface area contributed by atoms with Gasteiger partial charge in [-0.1, -0.05) is 0 Å². The van der Waals surface area contributed by atoms with Crippen LogP contribution in [0, 0.1) is 13.8 Å². The number of carbonyl (C=O) groups is 1. The number of hydrogen-bond acceptors (Lipinski definition) is 4. The van der Waals surface area contributed by atoms with Gasteiger partial charge >= 0.3 is 0 Å². The molecule has 4 nitrogen and oxygen atoms in total. The van der Waals surface area contributed by atoms with E-state index < -0.39 is 0 Å². The maximum atomic E-state index is 11.1. The first-order chi connectivity index (χ1) is 7.16. The van der Waals surface area contributed by atoms with Crippen molar-refractivity contribution in [2.75, 3.05) is 18.0 Å². The van der Waals surface area contributed by atoms with E-state index in [2.05, 4.69) is 14.9 Å². The molecular formula is C11H15N3O. The lowest BCUT2D eigenvalue weighted by Gasteiger charge is -2.28. The number of aryl methyl sites for hydroxylation is 2. The molecule has 0 amide bonds. The van der Waals surface area contributed by atoms with Gasteiger partial charge in [0.1, 0.15) is 17.4 Å². The van der Waals surface area contributed by atoms with Crippen LogP contribution in [0.2, 0.25) is 0 Å². The predicted molar refractivity (Wildman–Crippen MR) is 58.0 cm³/mol. The van der Waals surface area contributed by atoms with Crippen molar-refractivity contribution in [1.29, 1.82) is 0 Å². The number of ketones is 1. The molecule has 15 heavy (non-hydrogen) atoms. The van der Waals surface area contributed by atoms with Gasteiger partial charge in [-0.25, -0.2) is 9.97 Å². The number of hydrogen-bond donors (Lipinski definition) is 0. The van der Waals surface area contributed by atoms with Crippen LogP contribution in [0.4, 0.5) is 5.82 Å². The molecule has 0 bridgehead atoms. The third-order valence-electron chi connectivity index (χ3n) is 2.69. The number of nitrogens with zero attached hydrogens (tertiary/aromatic N) is 3. The number of rotatable bonds is 1. The molecule has 1 fully saturated rings. The van der Waals surface area contributed by atoms with E-state index in [-0.39, 0.29) is 0 Å². The molecule has 0 N–H and O–H groups in total. The molecule has 0 aromatic carbocycles. The highest BCUT2D eigenvalue weighted by Crippen LogP contribution is 2.19. The summed E-state index contributed by atoms with van der Waals surface area (Å²) in [6, 6.07) is 0. The molecule has 1 aliphatic heterocycles. The predicted octanol–water partition coefficient (Wildman–Crippen LogP) is 1.26. The lowest BCUT2D eigenvalue weighted by Crippen LogP contribution is -2.35. The van der Waals surface area contributed by atoms with Crippen molar-refractivity contribution in [1.82, 2.24) is 9.97 Å². The van der Waals surface area contributed by atoms with Gasteiger partial charge in [0.2, 0.25) is 0 Å². The maximum absolute atomic E-state index is 11.1. The standard InChI is InChI=1S/C11H15N3O/c1-8-7-12-9(2)13-11(8)14-5-3-10(15)4-6-14/h7H,3-6H2,1-2H3. The van der Waals surface area contributed by atoms with Gasteiger partial charge < -0.3 is 4.90 Å². The summed E-state index contributed by atoms with van der Waals surface area (Å²) in [5.74, 6) is 2.12. The lowest BCUT2D eigenvalue weighted by molar-refractivity contribution is -0.119. The third kappa shape index (κ3) is 2.14. The molecule has 1 aromatic rings. The summed E-state index contributed by atoms with van der Waals surface area (Å²) in [7, 11) is 0. The average molecular weight is 205 g/mol. The molecule has 0 atom stereocenters. The molecule has 4 heteroatoms. The SMILES string of the molecule is Cc1ncc(C)c(N2CCC(=O)CC2)n1. The van der Waals surface area contributed by atoms with Crippen LogP contribution in [0.3, 0.4) is 0 Å². The second-order valence-electron chi connectivity index (χ2n) is 3.95. The molecule has 80 valence electrons. The Morgan fingerprint density at radius 2 is 1.93 bits per heavy atom. The summed E-state index contributed by atoms with van der Waals surface area (Å²) in [6.07, 6.45) is 3.12. The Bertz CT molecular complexity index is 379. The van der Waals surface area contributed by atoms with Crippen molar-refractivity contribution in [3.63, 3.8) is 0 Å². The van der Waals surface area contributed by atoms with Crippen LogP contribution in [-0.2, 0) is 4.79 Å². The van der Waals surface area contributed by atoms with E-state index in [0.717, 1.165) is 30.3 Å². The number of aromatic nitrogens is 2. The highest BCUT2D eigenvalue weighted by Gasteiger charge is 2.18. The highest BCUT2D eigenvalue weighted by atomic mass is 16.1. The zero-order chi connectivity index (χ0) is 10.8. The fourth-order valence-electron chi connectivity index (χ4n) is 1.81. The van der Waals surface area contributed by atoms with Crippen molar-refractivity contribution in [3.8, 4) is 0 Å². The van der Waals surface area contributed by atoms with Gasteiger partial charge in [-0.15, -0.1) is 0 Å². The number of piperidine rings is 1. The minimum Gasteiger partial charge on any atom is -0.355 e. The van der Waals surface area contributed by atoms with E-state index in [0.29, 0.717) is 18.6 Å². The van der Waals surface area contributed by atoms with E-state index in [1.54, 1.807) is 0 Å². The van der Waals surface area contributed by atoms with Crippen LogP contribution >= 0.6 is 0 Å². The molecule has 1 aliphatic rings. The molecule has 1 saturated heterocycles. The minimum absolute atomic E-state index is 0.356. The normalized spacial score (nSPS) is 16.9. The molecule has 2 rings (SSSR count). The van der Waals surface area contributed by atoms with E-state index >= 15 is 0 Å². The zero-order valence-corrected chi connectivity index (χ0v) is 9.16. The van der Waals surface area contributed by atoms with Gasteiger partial charge in [0.05, 0.1) is 0 Å². The maximum Gasteiger partial charge on any atom is 0.136 e. The fraction of sp³-hybridized carbons (Fsp3) is 0.545. The fourth-order valence-corrected chi connectivity index (χ4v) is 1.81. The summed E-state index contributed by atoms with van der Waals surface area (Å²) < 4.78 is 0. The first-order valence-electron chi connectivity index (χ1n) is 5.23. The Hall–Kier alpha value is -1.45. The largest absolute Gasteiger partial charge is 0.355 e. The van der Waals surface area contributed by atoms with E-state index in [1.807, 2.05) is 20.0 Å². The van der Waals surface area contributed by atoms with Gasteiger partial charge in [0, 0.05) is 37.7 Å². The Balaban J connectivity index is 2.21. The van der Waals surface area contributed by atoms with Crippen LogP contribution in [0.5, 0.6) is 0 Å². The van der Waals surface area contributed by atoms with Gasteiger partial charge in [0.15, 0.2) is 0 Å². The minimum atomic E-state index is 0.356. The van der Waals surface area contributed by atoms with Gasteiger partial charge in [-0.3, -0.25) is 4.79 Å². The smallest absolute Gasteiger partial charge is 0.136 e. The number of anilines is 1. The first kappa shape index (κ1) is 10.1. The van der Waals surface area contributed by atoms with Crippen molar-refractivity contribution < 1.29 is 4.79 Å². The van der Waals surface area contributed by atoms with Crippen LogP contribution in [0.1, 0.15) is 24.2 Å². The molecular weight excluding hydrogens is 190 g/mol. The number of Topliss-reactive ketones (excluding diaryl/α,β-unsaturated/α-hetero) is 1. The second kappa shape index (κ2) is 3.96. The van der Waals surface area contributed by atoms with Gasteiger partial charge in [0.25, 0.3) is 0 Å². The topological polar surface area (TPSA) is 46.1 Å². The van der Waals surface area contributed by atoms with Crippen LogP contribution in [0.15, 0.2) is 6.20 Å². The average Bonchev–Trinajstić information content (AvgIpc) is 2.23.